The van der Waals surface area contributed by atoms with Crippen molar-refractivity contribution in [1.82, 2.24) is 24.7 Å². The van der Waals surface area contributed by atoms with Gasteiger partial charge in [-0.2, -0.15) is 0 Å². The van der Waals surface area contributed by atoms with Gasteiger partial charge in [-0.1, -0.05) is 0 Å². The number of rotatable bonds is 6. The molecule has 10 nitrogen and oxygen atoms in total. The van der Waals surface area contributed by atoms with Gasteiger partial charge in [0.25, 0.3) is 17.7 Å². The largest absolute Gasteiger partial charge is 0.380 e. The van der Waals surface area contributed by atoms with Crippen LogP contribution in [0.15, 0.2) is 67.1 Å². The third-order valence-corrected chi connectivity index (χ3v) is 7.24. The molecule has 0 spiro atoms. The maximum absolute atomic E-state index is 13.2. The first-order valence-electron chi connectivity index (χ1n) is 13.7. The second-order valence-electron chi connectivity index (χ2n) is 10.4. The average molecular weight is 542 g/mol. The van der Waals surface area contributed by atoms with Crippen LogP contribution in [0.3, 0.4) is 0 Å². The first-order valence-corrected chi connectivity index (χ1v) is 13.7. The van der Waals surface area contributed by atoms with E-state index >= 15 is 0 Å². The van der Waals surface area contributed by atoms with Crippen molar-refractivity contribution in [1.29, 1.82) is 0 Å². The number of nitrogens with zero attached hydrogens (tertiary/aromatic N) is 6. The van der Waals surface area contributed by atoms with Crippen LogP contribution >= 0.6 is 0 Å². The molecule has 208 valence electrons. The van der Waals surface area contributed by atoms with Crippen LogP contribution in [0.1, 0.15) is 44.9 Å². The zero-order valence-corrected chi connectivity index (χ0v) is 23.0. The van der Waals surface area contributed by atoms with Crippen LogP contribution in [-0.4, -0.2) is 101 Å². The van der Waals surface area contributed by atoms with Crippen LogP contribution in [-0.2, 0) is 0 Å². The van der Waals surface area contributed by atoms with Crippen molar-refractivity contribution < 1.29 is 14.4 Å². The fourth-order valence-electron chi connectivity index (χ4n) is 5.10. The SMILES string of the molecule is CC(C)Nc1cccnc1N1CCN(C(=O)c2ccc(C(=O)N3CCN(C(=O)c4cccnc4)CC3)cc2)CC1. The van der Waals surface area contributed by atoms with Crippen LogP contribution in [0.4, 0.5) is 11.5 Å². The van der Waals surface area contributed by atoms with Gasteiger partial charge in [0, 0.05) is 88.1 Å². The standard InChI is InChI=1S/C30H35N7O3/c1-22(2)33-26-6-4-12-32-27(26)34-13-15-35(16-14-34)28(38)23-7-9-24(10-8-23)29(39)36-17-19-37(20-18-36)30(40)25-5-3-11-31-21-25/h3-12,21-22,33H,13-20H2,1-2H3. The normalized spacial score (nSPS) is 15.8. The van der Waals surface area contributed by atoms with Gasteiger partial charge in [0.15, 0.2) is 5.82 Å². The Balaban J connectivity index is 1.14. The van der Waals surface area contributed by atoms with E-state index < -0.39 is 0 Å². The molecule has 40 heavy (non-hydrogen) atoms. The lowest BCUT2D eigenvalue weighted by Crippen LogP contribution is -2.50. The lowest BCUT2D eigenvalue weighted by molar-refractivity contribution is 0.0535. The van der Waals surface area contributed by atoms with E-state index in [0.29, 0.717) is 75.1 Å². The van der Waals surface area contributed by atoms with E-state index in [-0.39, 0.29) is 17.7 Å². The Morgan fingerprint density at radius 3 is 1.68 bits per heavy atom. The molecule has 4 heterocycles. The molecular weight excluding hydrogens is 506 g/mol. The lowest BCUT2D eigenvalue weighted by atomic mass is 10.1. The molecule has 0 aliphatic carbocycles. The van der Waals surface area contributed by atoms with Crippen molar-refractivity contribution in [2.75, 3.05) is 62.6 Å². The molecule has 2 aromatic heterocycles. The molecule has 2 aliphatic rings. The average Bonchev–Trinajstić information content (AvgIpc) is 3.01. The van der Waals surface area contributed by atoms with E-state index in [1.165, 1.54) is 0 Å². The number of nitrogens with one attached hydrogen (secondary N) is 1. The molecule has 1 N–H and O–H groups in total. The van der Waals surface area contributed by atoms with Gasteiger partial charge in [0.2, 0.25) is 0 Å². The molecule has 2 saturated heterocycles. The molecule has 2 fully saturated rings. The van der Waals surface area contributed by atoms with Crippen molar-refractivity contribution in [3.05, 3.63) is 83.8 Å². The van der Waals surface area contributed by atoms with Gasteiger partial charge in [0.1, 0.15) is 0 Å². The Kier molecular flexibility index (Phi) is 8.23. The second-order valence-corrected chi connectivity index (χ2v) is 10.4. The number of anilines is 2. The Labute approximate surface area is 234 Å². The van der Waals surface area contributed by atoms with E-state index in [1.807, 2.05) is 17.0 Å². The molecule has 1 aromatic carbocycles. The molecule has 5 rings (SSSR count). The summed E-state index contributed by atoms with van der Waals surface area (Å²) in [5.74, 6) is 0.704. The van der Waals surface area contributed by atoms with Gasteiger partial charge in [-0.3, -0.25) is 19.4 Å². The molecule has 0 unspecified atom stereocenters. The number of pyridine rings is 2. The fourth-order valence-corrected chi connectivity index (χ4v) is 5.10. The van der Waals surface area contributed by atoms with Crippen molar-refractivity contribution >= 4 is 29.2 Å². The monoisotopic (exact) mass is 541 g/mol. The molecule has 0 atom stereocenters. The van der Waals surface area contributed by atoms with Crippen LogP contribution in [0.5, 0.6) is 0 Å². The topological polar surface area (TPSA) is 102 Å². The van der Waals surface area contributed by atoms with Crippen molar-refractivity contribution in [3.63, 3.8) is 0 Å². The highest BCUT2D eigenvalue weighted by molar-refractivity contribution is 5.98. The predicted octanol–water partition coefficient (Wildman–Crippen LogP) is 2.86. The van der Waals surface area contributed by atoms with E-state index in [9.17, 15) is 14.4 Å². The number of hydrogen-bond acceptors (Lipinski definition) is 7. The molecule has 3 aromatic rings. The lowest BCUT2D eigenvalue weighted by Gasteiger charge is -2.36. The quantitative estimate of drug-likeness (QED) is 0.512. The number of carbonyl (C=O) groups excluding carboxylic acids is 3. The molecule has 0 saturated carbocycles. The van der Waals surface area contributed by atoms with Crippen LogP contribution in [0, 0.1) is 0 Å². The second kappa shape index (κ2) is 12.1. The molecule has 0 radical (unpaired) electrons. The molecule has 3 amide bonds. The summed E-state index contributed by atoms with van der Waals surface area (Å²) in [4.78, 5) is 55.1. The molecular formula is C30H35N7O3. The Morgan fingerprint density at radius 1 is 0.675 bits per heavy atom. The number of aromatic nitrogens is 2. The zero-order chi connectivity index (χ0) is 28.1. The maximum atomic E-state index is 13.2. The Bertz CT molecular complexity index is 1330. The Hall–Kier alpha value is -4.47. The highest BCUT2D eigenvalue weighted by atomic mass is 16.2. The van der Waals surface area contributed by atoms with Gasteiger partial charge in [-0.05, 0) is 62.4 Å². The van der Waals surface area contributed by atoms with E-state index in [1.54, 1.807) is 64.8 Å². The summed E-state index contributed by atoms with van der Waals surface area (Å²) in [7, 11) is 0. The van der Waals surface area contributed by atoms with Crippen molar-refractivity contribution in [2.24, 2.45) is 0 Å². The summed E-state index contributed by atoms with van der Waals surface area (Å²) < 4.78 is 0. The van der Waals surface area contributed by atoms with E-state index in [4.69, 9.17) is 0 Å². The minimum Gasteiger partial charge on any atom is -0.380 e. The van der Waals surface area contributed by atoms with Gasteiger partial charge < -0.3 is 24.9 Å². The van der Waals surface area contributed by atoms with E-state index in [0.717, 1.165) is 11.5 Å². The smallest absolute Gasteiger partial charge is 0.255 e. The minimum atomic E-state index is -0.0951. The predicted molar refractivity (Wildman–Crippen MR) is 154 cm³/mol. The molecule has 0 bridgehead atoms. The van der Waals surface area contributed by atoms with Crippen LogP contribution in [0.25, 0.3) is 0 Å². The van der Waals surface area contributed by atoms with Crippen molar-refractivity contribution in [3.8, 4) is 0 Å². The number of amides is 3. The number of carbonyl (C=O) groups is 3. The summed E-state index contributed by atoms with van der Waals surface area (Å²) in [5, 5.41) is 3.45. The summed E-state index contributed by atoms with van der Waals surface area (Å²) in [6.45, 7) is 8.63. The minimum absolute atomic E-state index is 0.0391. The highest BCUT2D eigenvalue weighted by Gasteiger charge is 2.27. The number of hydrogen-bond donors (Lipinski definition) is 1. The van der Waals surface area contributed by atoms with Crippen molar-refractivity contribution in [2.45, 2.75) is 19.9 Å². The zero-order valence-electron chi connectivity index (χ0n) is 23.0. The number of piperazine rings is 2. The fraction of sp³-hybridized carbons (Fsp3) is 0.367. The van der Waals surface area contributed by atoms with Gasteiger partial charge in [-0.15, -0.1) is 0 Å². The first kappa shape index (κ1) is 27.1. The maximum Gasteiger partial charge on any atom is 0.255 e. The van der Waals surface area contributed by atoms with Gasteiger partial charge in [0.05, 0.1) is 11.3 Å². The molecule has 10 heteroatoms. The van der Waals surface area contributed by atoms with Gasteiger partial charge in [-0.25, -0.2) is 4.98 Å². The van der Waals surface area contributed by atoms with E-state index in [2.05, 4.69) is 34.0 Å². The third kappa shape index (κ3) is 6.06. The Morgan fingerprint density at radius 2 is 1.18 bits per heavy atom. The summed E-state index contributed by atoms with van der Waals surface area (Å²) in [5.41, 5.74) is 2.65. The first-order chi connectivity index (χ1) is 19.4. The molecule has 2 aliphatic heterocycles. The van der Waals surface area contributed by atoms with Crippen LogP contribution in [0.2, 0.25) is 0 Å². The number of benzene rings is 1. The van der Waals surface area contributed by atoms with Crippen LogP contribution < -0.4 is 10.2 Å². The summed E-state index contributed by atoms with van der Waals surface area (Å²) in [6.07, 6.45) is 4.99. The summed E-state index contributed by atoms with van der Waals surface area (Å²) in [6, 6.07) is 14.6. The highest BCUT2D eigenvalue weighted by Crippen LogP contribution is 2.25. The van der Waals surface area contributed by atoms with Gasteiger partial charge >= 0.3 is 0 Å². The third-order valence-electron chi connectivity index (χ3n) is 7.24. The summed E-state index contributed by atoms with van der Waals surface area (Å²) >= 11 is 0.